The number of fused-ring (bicyclic) bond motifs is 1. The summed E-state index contributed by atoms with van der Waals surface area (Å²) in [7, 11) is 1.42. The number of hydroxylamine groups is 1. The van der Waals surface area contributed by atoms with Gasteiger partial charge in [-0.15, -0.1) is 0 Å². The van der Waals surface area contributed by atoms with Crippen molar-refractivity contribution in [2.24, 2.45) is 5.92 Å². The molecule has 0 spiro atoms. The molecule has 1 aliphatic carbocycles. The van der Waals surface area contributed by atoms with Gasteiger partial charge >= 0.3 is 6.09 Å². The average molecular weight is 416 g/mol. The van der Waals surface area contributed by atoms with Crippen LogP contribution in [0.15, 0.2) is 30.6 Å². The summed E-state index contributed by atoms with van der Waals surface area (Å²) in [6.07, 6.45) is 2.92. The number of hydrogen-bond donors (Lipinski definition) is 2. The van der Waals surface area contributed by atoms with Gasteiger partial charge in [-0.1, -0.05) is 0 Å². The molecule has 1 saturated carbocycles. The Kier molecular flexibility index (Phi) is 6.52. The molecule has 30 heavy (non-hydrogen) atoms. The second-order valence-corrected chi connectivity index (χ2v) is 8.35. The number of rotatable bonds is 4. The van der Waals surface area contributed by atoms with E-state index in [2.05, 4.69) is 15.3 Å². The van der Waals surface area contributed by atoms with Gasteiger partial charge in [0.2, 0.25) is 0 Å². The van der Waals surface area contributed by atoms with Crippen molar-refractivity contribution in [3.05, 3.63) is 30.6 Å². The number of nitrogens with one attached hydrogen (secondary N) is 1. The Hall–Kier alpha value is -2.78. The van der Waals surface area contributed by atoms with Crippen LogP contribution in [-0.4, -0.2) is 51.9 Å². The molecule has 2 aromatic heterocycles. The van der Waals surface area contributed by atoms with Crippen molar-refractivity contribution >= 4 is 28.7 Å². The number of pyridine rings is 2. The molecular weight excluding hydrogens is 388 g/mol. The Labute approximate surface area is 175 Å². The third kappa shape index (κ3) is 5.03. The Morgan fingerprint density at radius 2 is 1.97 bits per heavy atom. The van der Waals surface area contributed by atoms with Crippen molar-refractivity contribution in [3.8, 4) is 0 Å². The first kappa shape index (κ1) is 21.9. The van der Waals surface area contributed by atoms with Crippen molar-refractivity contribution in [1.29, 1.82) is 0 Å². The standard InChI is InChI=1S/C21H28N4O5/c1-21(2,3)30-20(28)24-14-8-7-13(12-17(14)26)19(27)25(29-4)16-9-11-22-15-6-5-10-23-18(15)16/h5-6,9-11,13-14,17,26H,7-8,12H2,1-4H3,(H,24,28)/t13-,14-,17+/m1/s1. The number of hydrogen-bond acceptors (Lipinski definition) is 7. The monoisotopic (exact) mass is 416 g/mol. The van der Waals surface area contributed by atoms with E-state index in [9.17, 15) is 14.7 Å². The van der Waals surface area contributed by atoms with Gasteiger partial charge in [0.15, 0.2) is 0 Å². The molecule has 2 heterocycles. The number of amides is 2. The highest BCUT2D eigenvalue weighted by atomic mass is 16.7. The lowest BCUT2D eigenvalue weighted by Gasteiger charge is -2.35. The van der Waals surface area contributed by atoms with Gasteiger partial charge in [-0.25, -0.2) is 4.79 Å². The van der Waals surface area contributed by atoms with E-state index in [1.165, 1.54) is 12.2 Å². The van der Waals surface area contributed by atoms with E-state index in [1.54, 1.807) is 51.4 Å². The lowest BCUT2D eigenvalue weighted by molar-refractivity contribution is -0.131. The van der Waals surface area contributed by atoms with Crippen molar-refractivity contribution < 1.29 is 24.3 Å². The van der Waals surface area contributed by atoms with Crippen LogP contribution in [0.4, 0.5) is 10.5 Å². The Morgan fingerprint density at radius 3 is 2.63 bits per heavy atom. The molecule has 9 nitrogen and oxygen atoms in total. The van der Waals surface area contributed by atoms with Gasteiger partial charge in [0, 0.05) is 18.3 Å². The first-order valence-electron chi connectivity index (χ1n) is 9.95. The number of aromatic nitrogens is 2. The van der Waals surface area contributed by atoms with E-state index in [0.717, 1.165) is 0 Å². The van der Waals surface area contributed by atoms with E-state index in [0.29, 0.717) is 29.6 Å². The van der Waals surface area contributed by atoms with Crippen LogP contribution < -0.4 is 10.4 Å². The zero-order valence-corrected chi connectivity index (χ0v) is 17.7. The molecule has 3 rings (SSSR count). The van der Waals surface area contributed by atoms with Crippen molar-refractivity contribution in [2.45, 2.75) is 57.8 Å². The lowest BCUT2D eigenvalue weighted by atomic mass is 9.83. The third-order valence-corrected chi connectivity index (χ3v) is 4.94. The molecule has 1 aliphatic rings. The molecule has 0 radical (unpaired) electrons. The summed E-state index contributed by atoms with van der Waals surface area (Å²) in [5.41, 5.74) is 1.07. The number of carbonyl (C=O) groups is 2. The second kappa shape index (κ2) is 8.93. The Bertz CT molecular complexity index is 908. The minimum Gasteiger partial charge on any atom is -0.444 e. The van der Waals surface area contributed by atoms with Crippen LogP contribution in [0.25, 0.3) is 11.0 Å². The molecule has 0 saturated heterocycles. The van der Waals surface area contributed by atoms with E-state index in [1.807, 2.05) is 0 Å². The van der Waals surface area contributed by atoms with Gasteiger partial charge in [0.25, 0.3) is 5.91 Å². The zero-order valence-electron chi connectivity index (χ0n) is 17.7. The number of anilines is 1. The first-order valence-corrected chi connectivity index (χ1v) is 9.95. The third-order valence-electron chi connectivity index (χ3n) is 4.94. The van der Waals surface area contributed by atoms with Crippen molar-refractivity contribution in [3.63, 3.8) is 0 Å². The fourth-order valence-electron chi connectivity index (χ4n) is 3.60. The van der Waals surface area contributed by atoms with Crippen LogP contribution in [0.2, 0.25) is 0 Å². The fourth-order valence-corrected chi connectivity index (χ4v) is 3.60. The number of carbonyl (C=O) groups excluding carboxylic acids is 2. The van der Waals surface area contributed by atoms with Gasteiger partial charge in [-0.2, -0.15) is 5.06 Å². The molecule has 2 amide bonds. The highest BCUT2D eigenvalue weighted by Gasteiger charge is 2.37. The van der Waals surface area contributed by atoms with E-state index < -0.39 is 29.8 Å². The maximum atomic E-state index is 13.2. The van der Waals surface area contributed by atoms with Crippen LogP contribution in [0, 0.1) is 5.92 Å². The number of nitrogens with zero attached hydrogens (tertiary/aromatic N) is 3. The van der Waals surface area contributed by atoms with Gasteiger partial charge in [-0.05, 0) is 58.2 Å². The number of aliphatic hydroxyl groups is 1. The summed E-state index contributed by atoms with van der Waals surface area (Å²) < 4.78 is 5.25. The summed E-state index contributed by atoms with van der Waals surface area (Å²) in [5, 5.41) is 14.4. The largest absolute Gasteiger partial charge is 0.444 e. The quantitative estimate of drug-likeness (QED) is 0.736. The van der Waals surface area contributed by atoms with Crippen LogP contribution in [0.5, 0.6) is 0 Å². The number of aliphatic hydroxyl groups excluding tert-OH is 1. The predicted molar refractivity (Wildman–Crippen MR) is 111 cm³/mol. The summed E-state index contributed by atoms with van der Waals surface area (Å²) in [6, 6.07) is 4.78. The molecule has 0 aromatic carbocycles. The molecule has 1 fully saturated rings. The van der Waals surface area contributed by atoms with Crippen LogP contribution in [-0.2, 0) is 14.4 Å². The van der Waals surface area contributed by atoms with Crippen molar-refractivity contribution in [2.75, 3.05) is 12.2 Å². The van der Waals surface area contributed by atoms with Gasteiger partial charge < -0.3 is 15.2 Å². The Morgan fingerprint density at radius 1 is 1.20 bits per heavy atom. The van der Waals surface area contributed by atoms with Crippen LogP contribution in [0.1, 0.15) is 40.0 Å². The minimum absolute atomic E-state index is 0.204. The Balaban J connectivity index is 1.69. The molecule has 0 bridgehead atoms. The predicted octanol–water partition coefficient (Wildman–Crippen LogP) is 2.58. The van der Waals surface area contributed by atoms with Crippen molar-refractivity contribution in [1.82, 2.24) is 15.3 Å². The summed E-state index contributed by atoms with van der Waals surface area (Å²) in [6.45, 7) is 5.32. The van der Waals surface area contributed by atoms with Gasteiger partial charge in [-0.3, -0.25) is 19.6 Å². The molecule has 9 heteroatoms. The topological polar surface area (TPSA) is 114 Å². The SMILES string of the molecule is CON(C(=O)[C@@H]1CC[C@@H](NC(=O)OC(C)(C)C)[C@@H](O)C1)c1ccnc2cccnc12. The van der Waals surface area contributed by atoms with Crippen LogP contribution >= 0.6 is 0 Å². The lowest BCUT2D eigenvalue weighted by Crippen LogP contribution is -2.50. The normalized spacial score (nSPS) is 21.8. The van der Waals surface area contributed by atoms with E-state index in [4.69, 9.17) is 9.57 Å². The highest BCUT2D eigenvalue weighted by molar-refractivity contribution is 6.00. The number of alkyl carbamates (subject to hydrolysis) is 1. The average Bonchev–Trinajstić information content (AvgIpc) is 2.68. The minimum atomic E-state index is -0.869. The fraction of sp³-hybridized carbons (Fsp3) is 0.524. The molecule has 3 atom stereocenters. The van der Waals surface area contributed by atoms with Gasteiger partial charge in [0.05, 0.1) is 24.8 Å². The molecule has 0 unspecified atom stereocenters. The maximum absolute atomic E-state index is 13.2. The summed E-state index contributed by atoms with van der Waals surface area (Å²) in [5.74, 6) is -0.728. The molecule has 2 aromatic rings. The summed E-state index contributed by atoms with van der Waals surface area (Å²) >= 11 is 0. The first-order chi connectivity index (χ1) is 14.2. The van der Waals surface area contributed by atoms with E-state index in [-0.39, 0.29) is 12.3 Å². The van der Waals surface area contributed by atoms with Gasteiger partial charge in [0.1, 0.15) is 16.8 Å². The molecular formula is C21H28N4O5. The van der Waals surface area contributed by atoms with Crippen LogP contribution in [0.3, 0.4) is 0 Å². The highest BCUT2D eigenvalue weighted by Crippen LogP contribution is 2.30. The molecule has 2 N–H and O–H groups in total. The zero-order chi connectivity index (χ0) is 21.9. The molecule has 162 valence electrons. The smallest absolute Gasteiger partial charge is 0.407 e. The summed E-state index contributed by atoms with van der Waals surface area (Å²) in [4.78, 5) is 39.1. The number of ether oxygens (including phenoxy) is 1. The second-order valence-electron chi connectivity index (χ2n) is 8.35. The molecule has 0 aliphatic heterocycles. The van der Waals surface area contributed by atoms with E-state index >= 15 is 0 Å². The maximum Gasteiger partial charge on any atom is 0.407 e.